The highest BCUT2D eigenvalue weighted by Crippen LogP contribution is 2.25. The second-order valence-corrected chi connectivity index (χ2v) is 6.29. The first kappa shape index (κ1) is 15.0. The first-order valence-electron chi connectivity index (χ1n) is 8.43. The van der Waals surface area contributed by atoms with Gasteiger partial charge in [0, 0.05) is 5.56 Å². The molecule has 1 heterocycles. The molecule has 1 aliphatic heterocycles. The molecule has 3 N–H and O–H groups in total. The summed E-state index contributed by atoms with van der Waals surface area (Å²) in [5.74, 6) is 1.99. The maximum atomic E-state index is 9.37. The molecule has 1 unspecified atom stereocenters. The Balaban J connectivity index is 1.45. The average Bonchev–Trinajstić information content (AvgIpc) is 3.28. The Morgan fingerprint density at radius 1 is 0.958 bits per heavy atom. The van der Waals surface area contributed by atoms with Crippen molar-refractivity contribution in [1.82, 2.24) is 10.9 Å². The van der Waals surface area contributed by atoms with Gasteiger partial charge in [-0.3, -0.25) is 0 Å². The number of amidine groups is 1. The molecule has 0 amide bonds. The van der Waals surface area contributed by atoms with Gasteiger partial charge in [-0.1, -0.05) is 12.1 Å². The number of nitrogens with one attached hydrogen (secondary N) is 2. The number of hydrogen-bond donors (Lipinski definition) is 3. The van der Waals surface area contributed by atoms with Gasteiger partial charge in [0.15, 0.2) is 0 Å². The minimum Gasteiger partial charge on any atom is -0.508 e. The van der Waals surface area contributed by atoms with Gasteiger partial charge in [-0.25, -0.2) is 10.4 Å². The van der Waals surface area contributed by atoms with Gasteiger partial charge in [0.05, 0.1) is 6.10 Å². The smallest absolute Gasteiger partial charge is 0.144 e. The van der Waals surface area contributed by atoms with Crippen molar-refractivity contribution >= 4 is 5.84 Å². The van der Waals surface area contributed by atoms with E-state index >= 15 is 0 Å². The molecule has 1 fully saturated rings. The van der Waals surface area contributed by atoms with Crippen molar-refractivity contribution in [2.75, 3.05) is 0 Å². The zero-order chi connectivity index (χ0) is 16.4. The van der Waals surface area contributed by atoms with Crippen molar-refractivity contribution < 1.29 is 9.84 Å². The second-order valence-electron chi connectivity index (χ2n) is 6.29. The quantitative estimate of drug-likeness (QED) is 0.808. The van der Waals surface area contributed by atoms with Gasteiger partial charge in [0.2, 0.25) is 0 Å². The topological polar surface area (TPSA) is 65.9 Å². The minimum atomic E-state index is -0.157. The lowest BCUT2D eigenvalue weighted by molar-refractivity contribution is 0.210. The molecule has 1 aliphatic carbocycles. The van der Waals surface area contributed by atoms with Crippen molar-refractivity contribution in [3.05, 3.63) is 59.7 Å². The minimum absolute atomic E-state index is 0.157. The molecule has 0 saturated heterocycles. The highest BCUT2D eigenvalue weighted by Gasteiger charge is 2.20. The van der Waals surface area contributed by atoms with E-state index in [0.29, 0.717) is 6.10 Å². The third-order valence-electron chi connectivity index (χ3n) is 4.53. The van der Waals surface area contributed by atoms with Gasteiger partial charge in [0.25, 0.3) is 0 Å². The first-order valence-corrected chi connectivity index (χ1v) is 8.43. The molecule has 4 rings (SSSR count). The van der Waals surface area contributed by atoms with Crippen LogP contribution < -0.4 is 15.6 Å². The van der Waals surface area contributed by atoms with Crippen LogP contribution in [-0.2, 0) is 0 Å². The summed E-state index contributed by atoms with van der Waals surface area (Å²) in [6.45, 7) is 0. The molecule has 0 spiro atoms. The number of aromatic hydroxyl groups is 1. The van der Waals surface area contributed by atoms with E-state index in [0.717, 1.165) is 35.6 Å². The third-order valence-corrected chi connectivity index (χ3v) is 4.53. The van der Waals surface area contributed by atoms with Crippen LogP contribution in [0.3, 0.4) is 0 Å². The monoisotopic (exact) mass is 323 g/mol. The number of ether oxygens (including phenoxy) is 1. The van der Waals surface area contributed by atoms with Crippen LogP contribution in [-0.4, -0.2) is 17.0 Å². The Kier molecular flexibility index (Phi) is 4.09. The summed E-state index contributed by atoms with van der Waals surface area (Å²) in [5.41, 5.74) is 8.29. The lowest BCUT2D eigenvalue weighted by Crippen LogP contribution is -2.31. The van der Waals surface area contributed by atoms with Crippen LogP contribution in [0.1, 0.15) is 43.0 Å². The Morgan fingerprint density at radius 3 is 2.38 bits per heavy atom. The van der Waals surface area contributed by atoms with Crippen molar-refractivity contribution in [3.63, 3.8) is 0 Å². The third kappa shape index (κ3) is 3.21. The fourth-order valence-electron chi connectivity index (χ4n) is 3.18. The number of nitrogens with zero attached hydrogens (tertiary/aromatic N) is 1. The van der Waals surface area contributed by atoms with Gasteiger partial charge >= 0.3 is 0 Å². The molecule has 2 aromatic carbocycles. The van der Waals surface area contributed by atoms with Crippen molar-refractivity contribution in [1.29, 1.82) is 0 Å². The zero-order valence-electron chi connectivity index (χ0n) is 13.4. The molecule has 2 aromatic rings. The summed E-state index contributed by atoms with van der Waals surface area (Å²) in [6.07, 6.45) is 5.08. The van der Waals surface area contributed by atoms with Crippen LogP contribution in [0.15, 0.2) is 53.5 Å². The number of hydrogen-bond acceptors (Lipinski definition) is 5. The molecule has 24 heavy (non-hydrogen) atoms. The van der Waals surface area contributed by atoms with E-state index in [4.69, 9.17) is 4.74 Å². The largest absolute Gasteiger partial charge is 0.508 e. The number of aliphatic imine (C=N–C) groups is 1. The molecule has 2 aliphatic rings. The van der Waals surface area contributed by atoms with Crippen LogP contribution in [0.25, 0.3) is 0 Å². The lowest BCUT2D eigenvalue weighted by atomic mass is 10.1. The molecule has 0 aromatic heterocycles. The lowest BCUT2D eigenvalue weighted by Gasteiger charge is -2.13. The molecule has 5 nitrogen and oxygen atoms in total. The summed E-state index contributed by atoms with van der Waals surface area (Å²) in [7, 11) is 0. The van der Waals surface area contributed by atoms with E-state index in [9.17, 15) is 5.11 Å². The number of hydrazine groups is 1. The number of phenols is 1. The Morgan fingerprint density at radius 2 is 1.67 bits per heavy atom. The number of rotatable bonds is 4. The van der Waals surface area contributed by atoms with E-state index in [-0.39, 0.29) is 11.9 Å². The highest BCUT2D eigenvalue weighted by atomic mass is 16.5. The van der Waals surface area contributed by atoms with E-state index < -0.39 is 0 Å². The number of benzene rings is 2. The van der Waals surface area contributed by atoms with Crippen molar-refractivity contribution in [2.24, 2.45) is 4.99 Å². The van der Waals surface area contributed by atoms with E-state index in [1.54, 1.807) is 12.1 Å². The van der Waals surface area contributed by atoms with Gasteiger partial charge in [0.1, 0.15) is 23.5 Å². The van der Waals surface area contributed by atoms with Crippen LogP contribution in [0.5, 0.6) is 11.5 Å². The Bertz CT molecular complexity index is 719. The fourth-order valence-corrected chi connectivity index (χ4v) is 3.18. The van der Waals surface area contributed by atoms with Crippen molar-refractivity contribution in [2.45, 2.75) is 38.0 Å². The predicted molar refractivity (Wildman–Crippen MR) is 93.0 cm³/mol. The van der Waals surface area contributed by atoms with Crippen LogP contribution >= 0.6 is 0 Å². The predicted octanol–water partition coefficient (Wildman–Crippen LogP) is 3.27. The van der Waals surface area contributed by atoms with Crippen molar-refractivity contribution in [3.8, 4) is 11.5 Å². The molecule has 0 radical (unpaired) electrons. The summed E-state index contributed by atoms with van der Waals surface area (Å²) < 4.78 is 5.99. The highest BCUT2D eigenvalue weighted by molar-refractivity contribution is 5.99. The van der Waals surface area contributed by atoms with Gasteiger partial charge in [-0.05, 0) is 67.6 Å². The van der Waals surface area contributed by atoms with E-state index in [1.165, 1.54) is 12.8 Å². The average molecular weight is 323 g/mol. The normalized spacial score (nSPS) is 20.7. The first-order chi connectivity index (χ1) is 11.8. The molecular weight excluding hydrogens is 302 g/mol. The zero-order valence-corrected chi connectivity index (χ0v) is 13.4. The molecule has 5 heteroatoms. The van der Waals surface area contributed by atoms with E-state index in [1.807, 2.05) is 36.4 Å². The summed E-state index contributed by atoms with van der Waals surface area (Å²) >= 11 is 0. The van der Waals surface area contributed by atoms with Gasteiger partial charge in [-0.2, -0.15) is 0 Å². The molecule has 0 bridgehead atoms. The van der Waals surface area contributed by atoms with Crippen LogP contribution in [0.4, 0.5) is 0 Å². The van der Waals surface area contributed by atoms with Crippen LogP contribution in [0, 0.1) is 0 Å². The molecular formula is C19H21N3O2. The Labute approximate surface area is 141 Å². The second kappa shape index (κ2) is 6.53. The standard InChI is InChI=1S/C19H21N3O2/c23-15-9-5-13(6-10-15)18-20-19(22-21-18)14-7-11-17(12-8-14)24-16-3-1-2-4-16/h5-12,16,18,21,23H,1-4H2,(H,20,22). The summed E-state index contributed by atoms with van der Waals surface area (Å²) in [6, 6.07) is 15.1. The van der Waals surface area contributed by atoms with Gasteiger partial charge in [-0.15, -0.1) is 0 Å². The maximum absolute atomic E-state index is 9.37. The summed E-state index contributed by atoms with van der Waals surface area (Å²) in [5, 5.41) is 9.37. The van der Waals surface area contributed by atoms with E-state index in [2.05, 4.69) is 15.8 Å². The molecule has 124 valence electrons. The maximum Gasteiger partial charge on any atom is 0.144 e. The fraction of sp³-hybridized carbons (Fsp3) is 0.316. The van der Waals surface area contributed by atoms with Gasteiger partial charge < -0.3 is 15.3 Å². The molecule has 1 atom stereocenters. The molecule has 1 saturated carbocycles. The number of phenolic OH excluding ortho intramolecular Hbond substituents is 1. The SMILES string of the molecule is Oc1ccc(C2N=C(c3ccc(OC4CCCC4)cc3)NN2)cc1. The van der Waals surface area contributed by atoms with Crippen LogP contribution in [0.2, 0.25) is 0 Å². The summed E-state index contributed by atoms with van der Waals surface area (Å²) in [4.78, 5) is 4.66. The Hall–Kier alpha value is -2.53.